The van der Waals surface area contributed by atoms with Crippen LogP contribution in [0.1, 0.15) is 13.8 Å². The number of hydrogen-bond acceptors (Lipinski definition) is 2. The van der Waals surface area contributed by atoms with E-state index in [-0.39, 0.29) is 0 Å². The van der Waals surface area contributed by atoms with Crippen molar-refractivity contribution in [2.75, 3.05) is 12.4 Å². The molecule has 0 aromatic heterocycles. The van der Waals surface area contributed by atoms with Gasteiger partial charge in [0.15, 0.2) is 0 Å². The molecule has 2 nitrogen and oxygen atoms in total. The van der Waals surface area contributed by atoms with Gasteiger partial charge in [0.25, 0.3) is 0 Å². The molecule has 0 atom stereocenters. The van der Waals surface area contributed by atoms with Gasteiger partial charge in [-0.25, -0.2) is 0 Å². The average molecular weight is 176 g/mol. The van der Waals surface area contributed by atoms with Crippen molar-refractivity contribution in [3.8, 4) is 0 Å². The summed E-state index contributed by atoms with van der Waals surface area (Å²) in [6.45, 7) is 4.23. The summed E-state index contributed by atoms with van der Waals surface area (Å²) in [5.74, 6) is 0.491. The van der Waals surface area contributed by atoms with E-state index < -0.39 is 0 Å². The fourth-order valence-corrected chi connectivity index (χ4v) is 1.03. The number of aliphatic imine (C=N–C) groups is 1. The minimum Gasteiger partial charge on any atom is -0.386 e. The van der Waals surface area contributed by atoms with Crippen LogP contribution in [-0.2, 0) is 0 Å². The van der Waals surface area contributed by atoms with E-state index in [1.165, 1.54) is 0 Å². The van der Waals surface area contributed by atoms with Crippen LogP contribution >= 0.6 is 0 Å². The Morgan fingerprint density at radius 1 is 1.31 bits per heavy atom. The van der Waals surface area contributed by atoms with E-state index in [0.29, 0.717) is 5.92 Å². The number of anilines is 1. The van der Waals surface area contributed by atoms with Crippen molar-refractivity contribution in [2.24, 2.45) is 10.9 Å². The second kappa shape index (κ2) is 4.65. The molecule has 0 aliphatic heterocycles. The lowest BCUT2D eigenvalue weighted by Gasteiger charge is -2.03. The Hall–Kier alpha value is -1.31. The second-order valence-electron chi connectivity index (χ2n) is 3.29. The molecule has 0 amide bonds. The van der Waals surface area contributed by atoms with Crippen LogP contribution < -0.4 is 5.32 Å². The highest BCUT2D eigenvalue weighted by atomic mass is 14.9. The first kappa shape index (κ1) is 9.78. The van der Waals surface area contributed by atoms with Gasteiger partial charge in [0.05, 0.1) is 11.4 Å². The third kappa shape index (κ3) is 2.90. The summed E-state index contributed by atoms with van der Waals surface area (Å²) in [5.41, 5.74) is 2.07. The maximum absolute atomic E-state index is 4.39. The Labute approximate surface area is 79.7 Å². The van der Waals surface area contributed by atoms with Crippen LogP contribution in [0.5, 0.6) is 0 Å². The number of benzene rings is 1. The van der Waals surface area contributed by atoms with Crippen LogP contribution in [0.15, 0.2) is 29.3 Å². The average Bonchev–Trinajstić information content (AvgIpc) is 2.15. The highest BCUT2D eigenvalue weighted by Gasteiger charge is 1.95. The molecular weight excluding hydrogens is 160 g/mol. The van der Waals surface area contributed by atoms with Gasteiger partial charge in [0.2, 0.25) is 0 Å². The van der Waals surface area contributed by atoms with Gasteiger partial charge in [0.1, 0.15) is 0 Å². The van der Waals surface area contributed by atoms with Gasteiger partial charge in [-0.1, -0.05) is 26.0 Å². The zero-order chi connectivity index (χ0) is 9.68. The van der Waals surface area contributed by atoms with Crippen LogP contribution in [0.25, 0.3) is 0 Å². The van der Waals surface area contributed by atoms with E-state index >= 15 is 0 Å². The Morgan fingerprint density at radius 3 is 2.62 bits per heavy atom. The van der Waals surface area contributed by atoms with Crippen molar-refractivity contribution in [1.82, 2.24) is 0 Å². The number of nitrogens with zero attached hydrogens (tertiary/aromatic N) is 1. The molecule has 1 N–H and O–H groups in total. The highest BCUT2D eigenvalue weighted by Crippen LogP contribution is 2.23. The normalized spacial score (nSPS) is 11.1. The van der Waals surface area contributed by atoms with Crippen molar-refractivity contribution < 1.29 is 0 Å². The van der Waals surface area contributed by atoms with Gasteiger partial charge in [-0.3, -0.25) is 4.99 Å². The van der Waals surface area contributed by atoms with Crippen molar-refractivity contribution in [1.29, 1.82) is 0 Å². The summed E-state index contributed by atoms with van der Waals surface area (Å²) in [4.78, 5) is 4.39. The molecule has 0 spiro atoms. The number of nitrogens with one attached hydrogen (secondary N) is 1. The Morgan fingerprint density at radius 2 is 2.00 bits per heavy atom. The summed E-state index contributed by atoms with van der Waals surface area (Å²) < 4.78 is 0. The predicted octanol–water partition coefficient (Wildman–Crippen LogP) is 3.09. The molecule has 0 saturated heterocycles. The quantitative estimate of drug-likeness (QED) is 0.703. The Bertz CT molecular complexity index is 290. The summed E-state index contributed by atoms with van der Waals surface area (Å²) in [6.07, 6.45) is 1.95. The first-order chi connectivity index (χ1) is 6.24. The summed E-state index contributed by atoms with van der Waals surface area (Å²) >= 11 is 0. The Kier molecular flexibility index (Phi) is 3.50. The number of para-hydroxylation sites is 2. The Balaban J connectivity index is 2.87. The smallest absolute Gasteiger partial charge is 0.0857 e. The maximum atomic E-state index is 4.39. The molecule has 0 fully saturated rings. The molecule has 0 aliphatic rings. The molecule has 1 aromatic rings. The lowest BCUT2D eigenvalue weighted by molar-refractivity contribution is 0.907. The first-order valence-corrected chi connectivity index (χ1v) is 4.55. The number of rotatable bonds is 3. The zero-order valence-corrected chi connectivity index (χ0v) is 8.41. The van der Waals surface area contributed by atoms with Crippen LogP contribution in [-0.4, -0.2) is 13.3 Å². The third-order valence-corrected chi connectivity index (χ3v) is 1.69. The van der Waals surface area contributed by atoms with Crippen molar-refractivity contribution >= 4 is 17.6 Å². The molecule has 0 heterocycles. The predicted molar refractivity (Wildman–Crippen MR) is 59.0 cm³/mol. The van der Waals surface area contributed by atoms with Crippen LogP contribution in [0.2, 0.25) is 0 Å². The second-order valence-corrected chi connectivity index (χ2v) is 3.29. The molecule has 0 aliphatic carbocycles. The molecule has 1 rings (SSSR count). The van der Waals surface area contributed by atoms with E-state index in [0.717, 1.165) is 11.4 Å². The van der Waals surface area contributed by atoms with Crippen LogP contribution in [0, 0.1) is 5.92 Å². The van der Waals surface area contributed by atoms with Gasteiger partial charge in [-0.05, 0) is 18.1 Å². The third-order valence-electron chi connectivity index (χ3n) is 1.69. The molecule has 70 valence electrons. The van der Waals surface area contributed by atoms with E-state index in [1.54, 1.807) is 0 Å². The van der Waals surface area contributed by atoms with Crippen LogP contribution in [0.3, 0.4) is 0 Å². The van der Waals surface area contributed by atoms with Gasteiger partial charge in [-0.2, -0.15) is 0 Å². The van der Waals surface area contributed by atoms with Gasteiger partial charge >= 0.3 is 0 Å². The van der Waals surface area contributed by atoms with Crippen molar-refractivity contribution in [2.45, 2.75) is 13.8 Å². The van der Waals surface area contributed by atoms with Gasteiger partial charge in [0, 0.05) is 13.3 Å². The maximum Gasteiger partial charge on any atom is 0.0857 e. The van der Waals surface area contributed by atoms with Crippen LogP contribution in [0.4, 0.5) is 11.4 Å². The topological polar surface area (TPSA) is 24.4 Å². The molecule has 0 bridgehead atoms. The summed E-state index contributed by atoms with van der Waals surface area (Å²) in [6, 6.07) is 8.02. The van der Waals surface area contributed by atoms with Gasteiger partial charge in [-0.15, -0.1) is 0 Å². The molecule has 0 radical (unpaired) electrons. The van der Waals surface area contributed by atoms with Crippen molar-refractivity contribution in [3.63, 3.8) is 0 Å². The minimum absolute atomic E-state index is 0.491. The summed E-state index contributed by atoms with van der Waals surface area (Å²) in [7, 11) is 1.91. The van der Waals surface area contributed by atoms with E-state index in [1.807, 2.05) is 37.5 Å². The monoisotopic (exact) mass is 176 g/mol. The standard InChI is InChI=1S/C11H16N2/c1-9(2)8-13-11-7-5-4-6-10(11)12-3/h4-9,12H,1-3H3/b13-8+. The van der Waals surface area contributed by atoms with E-state index in [2.05, 4.69) is 24.2 Å². The molecule has 2 heteroatoms. The van der Waals surface area contributed by atoms with Crippen molar-refractivity contribution in [3.05, 3.63) is 24.3 Å². The fourth-order valence-electron chi connectivity index (χ4n) is 1.03. The molecule has 1 aromatic carbocycles. The SMILES string of the molecule is CNc1ccccc1/N=C/C(C)C. The largest absolute Gasteiger partial charge is 0.386 e. The van der Waals surface area contributed by atoms with E-state index in [9.17, 15) is 0 Å². The summed E-state index contributed by atoms with van der Waals surface area (Å²) in [5, 5.41) is 3.11. The zero-order valence-electron chi connectivity index (χ0n) is 8.41. The minimum atomic E-state index is 0.491. The molecule has 0 saturated carbocycles. The molecular formula is C11H16N2. The first-order valence-electron chi connectivity index (χ1n) is 4.55. The lowest BCUT2D eigenvalue weighted by Crippen LogP contribution is -1.89. The molecule has 13 heavy (non-hydrogen) atoms. The lowest BCUT2D eigenvalue weighted by atomic mass is 10.2. The fraction of sp³-hybridized carbons (Fsp3) is 0.364. The van der Waals surface area contributed by atoms with Gasteiger partial charge < -0.3 is 5.32 Å². The van der Waals surface area contributed by atoms with E-state index in [4.69, 9.17) is 0 Å². The molecule has 0 unspecified atom stereocenters. The number of hydrogen-bond donors (Lipinski definition) is 1. The highest BCUT2D eigenvalue weighted by molar-refractivity contribution is 5.72.